The normalized spacial score (nSPS) is 12.8. The summed E-state index contributed by atoms with van der Waals surface area (Å²) >= 11 is 0. The minimum atomic E-state index is -0.251. The van der Waals surface area contributed by atoms with Crippen LogP contribution < -0.4 is 15.2 Å². The van der Waals surface area contributed by atoms with Gasteiger partial charge in [0.15, 0.2) is 11.5 Å². The highest BCUT2D eigenvalue weighted by atomic mass is 16.5. The Kier molecular flexibility index (Phi) is 4.77. The lowest BCUT2D eigenvalue weighted by Gasteiger charge is -2.21. The fourth-order valence-corrected chi connectivity index (χ4v) is 2.53. The van der Waals surface area contributed by atoms with E-state index in [1.807, 2.05) is 18.2 Å². The molecule has 2 aromatic carbocycles. The van der Waals surface area contributed by atoms with Crippen LogP contribution in [0, 0.1) is 0 Å². The zero-order chi connectivity index (χ0) is 16.3. The number of rotatable bonds is 4. The third-order valence-electron chi connectivity index (χ3n) is 3.90. The van der Waals surface area contributed by atoms with Crippen LogP contribution in [0.15, 0.2) is 42.5 Å². The third-order valence-corrected chi connectivity index (χ3v) is 3.90. The summed E-state index contributed by atoms with van der Waals surface area (Å²) in [6.07, 6.45) is 0. The molecule has 0 heterocycles. The molecule has 0 radical (unpaired) electrons. The maximum atomic E-state index is 6.44. The molecule has 0 amide bonds. The van der Waals surface area contributed by atoms with Crippen molar-refractivity contribution in [1.29, 1.82) is 0 Å². The second-order valence-electron chi connectivity index (χ2n) is 6.43. The van der Waals surface area contributed by atoms with Crippen molar-refractivity contribution in [2.24, 2.45) is 5.73 Å². The molecular formula is C19H25NO2. The minimum absolute atomic E-state index is 0.135. The van der Waals surface area contributed by atoms with Gasteiger partial charge < -0.3 is 15.2 Å². The highest BCUT2D eigenvalue weighted by Gasteiger charge is 2.19. The van der Waals surface area contributed by atoms with Gasteiger partial charge in [0, 0.05) is 5.56 Å². The van der Waals surface area contributed by atoms with E-state index in [4.69, 9.17) is 15.2 Å². The van der Waals surface area contributed by atoms with E-state index in [-0.39, 0.29) is 11.5 Å². The van der Waals surface area contributed by atoms with E-state index < -0.39 is 0 Å². The molecule has 2 N–H and O–H groups in total. The van der Waals surface area contributed by atoms with Gasteiger partial charge in [-0.15, -0.1) is 0 Å². The van der Waals surface area contributed by atoms with E-state index in [0.717, 1.165) is 11.1 Å². The lowest BCUT2D eigenvalue weighted by Crippen LogP contribution is -2.15. The molecule has 1 atom stereocenters. The predicted molar refractivity (Wildman–Crippen MR) is 90.7 cm³/mol. The van der Waals surface area contributed by atoms with Crippen LogP contribution in [0.2, 0.25) is 0 Å². The van der Waals surface area contributed by atoms with E-state index >= 15 is 0 Å². The Morgan fingerprint density at radius 3 is 2.05 bits per heavy atom. The van der Waals surface area contributed by atoms with Gasteiger partial charge in [0.1, 0.15) is 0 Å². The Labute approximate surface area is 133 Å². The molecule has 2 rings (SSSR count). The van der Waals surface area contributed by atoms with Crippen LogP contribution in [0.4, 0.5) is 0 Å². The van der Waals surface area contributed by atoms with Gasteiger partial charge in [0.2, 0.25) is 0 Å². The second-order valence-corrected chi connectivity index (χ2v) is 6.43. The Morgan fingerprint density at radius 2 is 1.55 bits per heavy atom. The van der Waals surface area contributed by atoms with Crippen molar-refractivity contribution in [1.82, 2.24) is 0 Å². The lowest BCUT2D eigenvalue weighted by molar-refractivity contribution is 0.350. The smallest absolute Gasteiger partial charge is 0.165 e. The Balaban J connectivity index is 2.38. The third kappa shape index (κ3) is 3.25. The number of ether oxygens (including phenoxy) is 2. The van der Waals surface area contributed by atoms with Crippen LogP contribution in [0.5, 0.6) is 11.5 Å². The molecular weight excluding hydrogens is 274 g/mol. The molecule has 0 aliphatic rings. The summed E-state index contributed by atoms with van der Waals surface area (Å²) < 4.78 is 10.8. The Bertz CT molecular complexity index is 627. The van der Waals surface area contributed by atoms with Crippen molar-refractivity contribution < 1.29 is 9.47 Å². The molecule has 3 nitrogen and oxygen atoms in total. The van der Waals surface area contributed by atoms with Crippen molar-refractivity contribution in [3.63, 3.8) is 0 Å². The molecule has 0 bridgehead atoms. The van der Waals surface area contributed by atoms with Gasteiger partial charge in [-0.25, -0.2) is 0 Å². The molecule has 0 aliphatic heterocycles. The summed E-state index contributed by atoms with van der Waals surface area (Å²) in [4.78, 5) is 0. The van der Waals surface area contributed by atoms with E-state index in [9.17, 15) is 0 Å². The first-order chi connectivity index (χ1) is 10.4. The fourth-order valence-electron chi connectivity index (χ4n) is 2.53. The zero-order valence-corrected chi connectivity index (χ0v) is 14.0. The van der Waals surface area contributed by atoms with Gasteiger partial charge in [-0.3, -0.25) is 0 Å². The number of para-hydroxylation sites is 1. The number of hydrogen-bond donors (Lipinski definition) is 1. The molecule has 0 aliphatic carbocycles. The summed E-state index contributed by atoms with van der Waals surface area (Å²) in [5, 5.41) is 0. The monoisotopic (exact) mass is 299 g/mol. The van der Waals surface area contributed by atoms with Crippen LogP contribution in [-0.4, -0.2) is 14.2 Å². The van der Waals surface area contributed by atoms with E-state index in [2.05, 4.69) is 45.0 Å². The molecule has 0 aromatic heterocycles. The van der Waals surface area contributed by atoms with Gasteiger partial charge in [-0.1, -0.05) is 57.2 Å². The predicted octanol–water partition coefficient (Wildman–Crippen LogP) is 4.05. The van der Waals surface area contributed by atoms with Crippen molar-refractivity contribution in [3.05, 3.63) is 59.2 Å². The average molecular weight is 299 g/mol. The number of methoxy groups -OCH3 is 2. The quantitative estimate of drug-likeness (QED) is 0.926. The van der Waals surface area contributed by atoms with Crippen LogP contribution in [0.25, 0.3) is 0 Å². The Hall–Kier alpha value is -2.00. The van der Waals surface area contributed by atoms with Gasteiger partial charge >= 0.3 is 0 Å². The van der Waals surface area contributed by atoms with Crippen molar-refractivity contribution in [2.45, 2.75) is 32.2 Å². The number of hydrogen-bond acceptors (Lipinski definition) is 3. The maximum Gasteiger partial charge on any atom is 0.165 e. The molecule has 22 heavy (non-hydrogen) atoms. The largest absolute Gasteiger partial charge is 0.493 e. The average Bonchev–Trinajstić information content (AvgIpc) is 2.52. The highest BCUT2D eigenvalue weighted by Crippen LogP contribution is 2.36. The molecule has 2 aromatic rings. The molecule has 3 heteroatoms. The first-order valence-electron chi connectivity index (χ1n) is 7.45. The van der Waals surface area contributed by atoms with Crippen molar-refractivity contribution >= 4 is 0 Å². The van der Waals surface area contributed by atoms with Gasteiger partial charge in [0.25, 0.3) is 0 Å². The molecule has 0 fully saturated rings. The highest BCUT2D eigenvalue weighted by molar-refractivity contribution is 5.50. The molecule has 1 unspecified atom stereocenters. The van der Waals surface area contributed by atoms with E-state index in [1.165, 1.54) is 5.56 Å². The van der Waals surface area contributed by atoms with E-state index in [1.54, 1.807) is 14.2 Å². The fraction of sp³-hybridized carbons (Fsp3) is 0.368. The maximum absolute atomic E-state index is 6.44. The molecule has 118 valence electrons. The van der Waals surface area contributed by atoms with Crippen molar-refractivity contribution in [2.75, 3.05) is 14.2 Å². The summed E-state index contributed by atoms with van der Waals surface area (Å²) in [5.41, 5.74) is 9.84. The summed E-state index contributed by atoms with van der Waals surface area (Å²) in [7, 11) is 3.27. The van der Waals surface area contributed by atoms with Gasteiger partial charge in [-0.05, 0) is 22.6 Å². The SMILES string of the molecule is COc1cccc(C(N)c2ccc(C(C)(C)C)cc2)c1OC. The summed E-state index contributed by atoms with van der Waals surface area (Å²) in [5.74, 6) is 1.39. The second kappa shape index (κ2) is 6.41. The number of benzene rings is 2. The van der Waals surface area contributed by atoms with Crippen LogP contribution >= 0.6 is 0 Å². The number of nitrogens with two attached hydrogens (primary N) is 1. The Morgan fingerprint density at radius 1 is 0.909 bits per heavy atom. The standard InChI is InChI=1S/C19H25NO2/c1-19(2,3)14-11-9-13(10-12-14)17(20)15-7-6-8-16(21-4)18(15)22-5/h6-12,17H,20H2,1-5H3. The molecule has 0 saturated heterocycles. The van der Waals surface area contributed by atoms with Gasteiger partial charge in [0.05, 0.1) is 20.3 Å². The van der Waals surface area contributed by atoms with Crippen LogP contribution in [-0.2, 0) is 5.41 Å². The summed E-state index contributed by atoms with van der Waals surface area (Å²) in [6.45, 7) is 6.60. The first-order valence-corrected chi connectivity index (χ1v) is 7.45. The topological polar surface area (TPSA) is 44.5 Å². The lowest BCUT2D eigenvalue weighted by atomic mass is 9.86. The molecule has 0 saturated carbocycles. The minimum Gasteiger partial charge on any atom is -0.493 e. The van der Waals surface area contributed by atoms with E-state index in [0.29, 0.717) is 11.5 Å². The first kappa shape index (κ1) is 16.4. The van der Waals surface area contributed by atoms with Gasteiger partial charge in [-0.2, -0.15) is 0 Å². The zero-order valence-electron chi connectivity index (χ0n) is 14.0. The summed E-state index contributed by atoms with van der Waals surface area (Å²) in [6, 6.07) is 14.0. The molecule has 0 spiro atoms. The van der Waals surface area contributed by atoms with Crippen molar-refractivity contribution in [3.8, 4) is 11.5 Å². The van der Waals surface area contributed by atoms with Crippen LogP contribution in [0.3, 0.4) is 0 Å². The van der Waals surface area contributed by atoms with Crippen LogP contribution in [0.1, 0.15) is 43.5 Å².